The van der Waals surface area contributed by atoms with Crippen molar-refractivity contribution in [3.05, 3.63) is 45.8 Å². The van der Waals surface area contributed by atoms with E-state index in [1.165, 1.54) is 18.2 Å². The minimum atomic E-state index is -3.80. The summed E-state index contributed by atoms with van der Waals surface area (Å²) < 4.78 is 26.8. The molecule has 2 N–H and O–H groups in total. The van der Waals surface area contributed by atoms with Gasteiger partial charge < -0.3 is 5.11 Å². The van der Waals surface area contributed by atoms with E-state index in [2.05, 4.69) is 4.72 Å². The van der Waals surface area contributed by atoms with Crippen LogP contribution in [0.3, 0.4) is 0 Å². The Hall–Kier alpha value is -1.57. The van der Waals surface area contributed by atoms with E-state index in [1.54, 1.807) is 19.1 Å². The predicted octanol–water partition coefficient (Wildman–Crippen LogP) is 3.21. The molecule has 0 saturated heterocycles. The molecule has 1 heterocycles. The molecule has 0 saturated carbocycles. The first-order valence-electron chi connectivity index (χ1n) is 5.42. The molecule has 1 aromatic carbocycles. The summed E-state index contributed by atoms with van der Waals surface area (Å²) in [5, 5.41) is 9.40. The monoisotopic (exact) mass is 331 g/mol. The molecule has 0 spiro atoms. The third-order valence-corrected chi connectivity index (χ3v) is 5.60. The van der Waals surface area contributed by atoms with Crippen molar-refractivity contribution in [1.29, 1.82) is 0 Å². The maximum atomic E-state index is 12.2. The zero-order valence-corrected chi connectivity index (χ0v) is 12.6. The third-order valence-electron chi connectivity index (χ3n) is 2.56. The Bertz CT molecular complexity index is 768. The largest absolute Gasteiger partial charge is 0.477 e. The molecule has 0 fully saturated rings. The first-order chi connectivity index (χ1) is 9.31. The number of thiophene rings is 1. The summed E-state index contributed by atoms with van der Waals surface area (Å²) in [4.78, 5) is 10.9. The van der Waals surface area contributed by atoms with Crippen molar-refractivity contribution in [2.24, 2.45) is 0 Å². The number of carboxylic acids is 1. The number of hydrogen-bond acceptors (Lipinski definition) is 4. The molecular formula is C12H10ClNO4S2. The molecule has 2 aromatic rings. The van der Waals surface area contributed by atoms with Gasteiger partial charge in [0, 0.05) is 5.02 Å². The van der Waals surface area contributed by atoms with Crippen LogP contribution < -0.4 is 4.72 Å². The van der Waals surface area contributed by atoms with Gasteiger partial charge in [-0.2, -0.15) is 0 Å². The number of anilines is 1. The summed E-state index contributed by atoms with van der Waals surface area (Å²) in [7, 11) is -3.80. The van der Waals surface area contributed by atoms with Crippen LogP contribution in [-0.4, -0.2) is 19.5 Å². The van der Waals surface area contributed by atoms with Crippen molar-refractivity contribution in [2.45, 2.75) is 11.8 Å². The number of hydrogen-bond donors (Lipinski definition) is 2. The van der Waals surface area contributed by atoms with E-state index in [-0.39, 0.29) is 14.8 Å². The van der Waals surface area contributed by atoms with Crippen LogP contribution in [-0.2, 0) is 10.0 Å². The Labute approximate surface area is 124 Å². The Morgan fingerprint density at radius 1 is 1.30 bits per heavy atom. The fraction of sp³-hybridized carbons (Fsp3) is 0.0833. The van der Waals surface area contributed by atoms with Crippen LogP contribution in [0.15, 0.2) is 35.2 Å². The van der Waals surface area contributed by atoms with Crippen LogP contribution in [0.2, 0.25) is 5.02 Å². The molecule has 0 bridgehead atoms. The molecule has 0 unspecified atom stereocenters. The maximum absolute atomic E-state index is 12.2. The van der Waals surface area contributed by atoms with E-state index in [9.17, 15) is 13.2 Å². The lowest BCUT2D eigenvalue weighted by molar-refractivity contribution is 0.0702. The highest BCUT2D eigenvalue weighted by Crippen LogP contribution is 2.28. The van der Waals surface area contributed by atoms with Gasteiger partial charge in [-0.3, -0.25) is 4.72 Å². The smallest absolute Gasteiger partial charge is 0.345 e. The minimum absolute atomic E-state index is 0.0607. The van der Waals surface area contributed by atoms with Crippen LogP contribution in [0.1, 0.15) is 15.2 Å². The highest BCUT2D eigenvalue weighted by atomic mass is 35.5. The molecule has 0 aliphatic carbocycles. The van der Waals surface area contributed by atoms with Crippen molar-refractivity contribution < 1.29 is 18.3 Å². The lowest BCUT2D eigenvalue weighted by Crippen LogP contribution is -2.13. The van der Waals surface area contributed by atoms with Crippen LogP contribution in [0, 0.1) is 6.92 Å². The lowest BCUT2D eigenvalue weighted by atomic mass is 10.2. The molecule has 1 aromatic heterocycles. The Morgan fingerprint density at radius 3 is 2.60 bits per heavy atom. The highest BCUT2D eigenvalue weighted by Gasteiger charge is 2.19. The molecule has 106 valence electrons. The normalized spacial score (nSPS) is 11.3. The maximum Gasteiger partial charge on any atom is 0.345 e. The van der Waals surface area contributed by atoms with Gasteiger partial charge in [-0.15, -0.1) is 11.3 Å². The van der Waals surface area contributed by atoms with E-state index < -0.39 is 16.0 Å². The van der Waals surface area contributed by atoms with Crippen molar-refractivity contribution in [2.75, 3.05) is 4.72 Å². The van der Waals surface area contributed by atoms with Gasteiger partial charge in [0.25, 0.3) is 10.0 Å². The average molecular weight is 332 g/mol. The first-order valence-corrected chi connectivity index (χ1v) is 8.10. The van der Waals surface area contributed by atoms with Gasteiger partial charge in [-0.25, -0.2) is 13.2 Å². The summed E-state index contributed by atoms with van der Waals surface area (Å²) in [6.45, 7) is 1.61. The second kappa shape index (κ2) is 5.43. The topological polar surface area (TPSA) is 83.5 Å². The quantitative estimate of drug-likeness (QED) is 0.901. The Balaban J connectivity index is 2.35. The number of rotatable bonds is 4. The zero-order valence-electron chi connectivity index (χ0n) is 10.3. The SMILES string of the molecule is Cc1c(Cl)cccc1S(=O)(=O)Nc1ccc(C(=O)O)s1. The van der Waals surface area contributed by atoms with Crippen LogP contribution >= 0.6 is 22.9 Å². The number of aromatic carboxylic acids is 1. The van der Waals surface area contributed by atoms with E-state index in [0.29, 0.717) is 10.6 Å². The molecule has 0 atom stereocenters. The van der Waals surface area contributed by atoms with E-state index in [1.807, 2.05) is 0 Å². The fourth-order valence-corrected chi connectivity index (χ4v) is 4.11. The zero-order chi connectivity index (χ0) is 14.9. The van der Waals surface area contributed by atoms with Crippen LogP contribution in [0.5, 0.6) is 0 Å². The summed E-state index contributed by atoms with van der Waals surface area (Å²) >= 11 is 6.75. The standard InChI is InChI=1S/C12H10ClNO4S2/c1-7-8(13)3-2-4-10(7)20(17,18)14-11-6-5-9(19-11)12(15)16/h2-6,14H,1H3,(H,15,16). The third kappa shape index (κ3) is 2.95. The van der Waals surface area contributed by atoms with Gasteiger partial charge in [0.05, 0.1) is 4.90 Å². The van der Waals surface area contributed by atoms with Gasteiger partial charge >= 0.3 is 5.97 Å². The number of nitrogens with one attached hydrogen (secondary N) is 1. The number of carbonyl (C=O) groups is 1. The molecule has 0 aliphatic heterocycles. The summed E-state index contributed by atoms with van der Waals surface area (Å²) in [6, 6.07) is 7.33. The molecular weight excluding hydrogens is 322 g/mol. The second-order valence-corrected chi connectivity index (χ2v) is 7.08. The Kier molecular flexibility index (Phi) is 4.03. The summed E-state index contributed by atoms with van der Waals surface area (Å²) in [5.41, 5.74) is 0.441. The van der Waals surface area contributed by atoms with Crippen molar-refractivity contribution in [1.82, 2.24) is 0 Å². The second-order valence-electron chi connectivity index (χ2n) is 3.94. The number of benzene rings is 1. The van der Waals surface area contributed by atoms with Gasteiger partial charge in [0.15, 0.2) is 0 Å². The lowest BCUT2D eigenvalue weighted by Gasteiger charge is -2.09. The van der Waals surface area contributed by atoms with Crippen molar-refractivity contribution >= 4 is 43.9 Å². The highest BCUT2D eigenvalue weighted by molar-refractivity contribution is 7.93. The number of carboxylic acid groups (broad SMARTS) is 1. The van der Waals surface area contributed by atoms with Gasteiger partial charge in [-0.1, -0.05) is 17.7 Å². The summed E-state index contributed by atoms with van der Waals surface area (Å²) in [6.07, 6.45) is 0. The van der Waals surface area contributed by atoms with Crippen molar-refractivity contribution in [3.63, 3.8) is 0 Å². The van der Waals surface area contributed by atoms with Gasteiger partial charge in [0.1, 0.15) is 9.88 Å². The molecule has 20 heavy (non-hydrogen) atoms. The molecule has 0 radical (unpaired) electrons. The van der Waals surface area contributed by atoms with Crippen molar-refractivity contribution in [3.8, 4) is 0 Å². The minimum Gasteiger partial charge on any atom is -0.477 e. The fourth-order valence-electron chi connectivity index (χ4n) is 1.57. The van der Waals surface area contributed by atoms with Gasteiger partial charge in [-0.05, 0) is 36.8 Å². The molecule has 0 aliphatic rings. The first kappa shape index (κ1) is 14.8. The summed E-state index contributed by atoms with van der Waals surface area (Å²) in [5.74, 6) is -1.10. The molecule has 2 rings (SSSR count). The molecule has 8 heteroatoms. The van der Waals surface area contributed by atoms with E-state index >= 15 is 0 Å². The Morgan fingerprint density at radius 2 is 2.00 bits per heavy atom. The number of halogens is 1. The van der Waals surface area contributed by atoms with Gasteiger partial charge in [0.2, 0.25) is 0 Å². The number of sulfonamides is 1. The van der Waals surface area contributed by atoms with E-state index in [4.69, 9.17) is 16.7 Å². The van der Waals surface area contributed by atoms with E-state index in [0.717, 1.165) is 11.3 Å². The molecule has 0 amide bonds. The average Bonchev–Trinajstić information content (AvgIpc) is 2.80. The van der Waals surface area contributed by atoms with Crippen LogP contribution in [0.25, 0.3) is 0 Å². The predicted molar refractivity (Wildman–Crippen MR) is 78.3 cm³/mol. The molecule has 5 nitrogen and oxygen atoms in total. The van der Waals surface area contributed by atoms with Crippen LogP contribution in [0.4, 0.5) is 5.00 Å².